The third-order valence-electron chi connectivity index (χ3n) is 4.50. The van der Waals surface area contributed by atoms with Gasteiger partial charge in [0, 0.05) is 22.1 Å². The SMILES string of the molecule is CCCCN(C)CCCN(Cc1cccs1)C(=S)Nc1ccc(C)c(Cl)c1. The van der Waals surface area contributed by atoms with Gasteiger partial charge >= 0.3 is 0 Å². The molecule has 0 unspecified atom stereocenters. The van der Waals surface area contributed by atoms with Gasteiger partial charge in [-0.05, 0) is 81.3 Å². The molecule has 148 valence electrons. The van der Waals surface area contributed by atoms with E-state index in [9.17, 15) is 0 Å². The molecule has 1 N–H and O–H groups in total. The van der Waals surface area contributed by atoms with Gasteiger partial charge in [-0.1, -0.05) is 37.1 Å². The number of rotatable bonds is 10. The predicted octanol–water partition coefficient (Wildman–Crippen LogP) is 6.03. The number of aryl methyl sites for hydroxylation is 1. The Kier molecular flexibility index (Phi) is 9.56. The van der Waals surface area contributed by atoms with Crippen LogP contribution in [0.4, 0.5) is 5.69 Å². The van der Waals surface area contributed by atoms with Crippen LogP contribution < -0.4 is 5.32 Å². The maximum atomic E-state index is 6.25. The number of nitrogens with zero attached hydrogens (tertiary/aromatic N) is 2. The van der Waals surface area contributed by atoms with Crippen molar-refractivity contribution in [3.63, 3.8) is 0 Å². The number of anilines is 1. The summed E-state index contributed by atoms with van der Waals surface area (Å²) in [6.45, 7) is 8.24. The van der Waals surface area contributed by atoms with Crippen LogP contribution in [0.5, 0.6) is 0 Å². The van der Waals surface area contributed by atoms with Crippen molar-refractivity contribution in [1.29, 1.82) is 0 Å². The first-order valence-corrected chi connectivity index (χ1v) is 11.2. The molecule has 3 nitrogen and oxygen atoms in total. The van der Waals surface area contributed by atoms with E-state index >= 15 is 0 Å². The van der Waals surface area contributed by atoms with E-state index in [0.717, 1.165) is 54.0 Å². The van der Waals surface area contributed by atoms with Crippen molar-refractivity contribution in [3.8, 4) is 0 Å². The Bertz CT molecular complexity index is 703. The maximum Gasteiger partial charge on any atom is 0.173 e. The summed E-state index contributed by atoms with van der Waals surface area (Å²) in [5.41, 5.74) is 2.01. The van der Waals surface area contributed by atoms with Crippen LogP contribution in [0.2, 0.25) is 5.02 Å². The molecule has 27 heavy (non-hydrogen) atoms. The fourth-order valence-corrected chi connectivity index (χ4v) is 3.96. The number of unbranched alkanes of at least 4 members (excludes halogenated alkanes) is 1. The van der Waals surface area contributed by atoms with E-state index in [-0.39, 0.29) is 0 Å². The Morgan fingerprint density at radius 3 is 2.63 bits per heavy atom. The van der Waals surface area contributed by atoms with E-state index in [2.05, 4.69) is 46.6 Å². The summed E-state index contributed by atoms with van der Waals surface area (Å²) >= 11 is 13.7. The molecule has 0 aliphatic rings. The van der Waals surface area contributed by atoms with E-state index in [0.29, 0.717) is 0 Å². The minimum atomic E-state index is 0.750. The molecular formula is C21H30ClN3S2. The number of hydrogen-bond acceptors (Lipinski definition) is 3. The third-order valence-corrected chi connectivity index (χ3v) is 6.13. The molecule has 0 radical (unpaired) electrons. The Balaban J connectivity index is 1.95. The van der Waals surface area contributed by atoms with E-state index < -0.39 is 0 Å². The largest absolute Gasteiger partial charge is 0.344 e. The van der Waals surface area contributed by atoms with Crippen molar-refractivity contribution >= 4 is 46.0 Å². The summed E-state index contributed by atoms with van der Waals surface area (Å²) in [5.74, 6) is 0. The van der Waals surface area contributed by atoms with E-state index in [1.807, 2.05) is 25.1 Å². The van der Waals surface area contributed by atoms with Gasteiger partial charge in [0.25, 0.3) is 0 Å². The predicted molar refractivity (Wildman–Crippen MR) is 124 cm³/mol. The summed E-state index contributed by atoms with van der Waals surface area (Å²) < 4.78 is 0. The van der Waals surface area contributed by atoms with Crippen molar-refractivity contribution in [2.75, 3.05) is 32.0 Å². The Morgan fingerprint density at radius 2 is 1.96 bits per heavy atom. The number of hydrogen-bond donors (Lipinski definition) is 1. The van der Waals surface area contributed by atoms with Gasteiger partial charge in [-0.15, -0.1) is 11.3 Å². The van der Waals surface area contributed by atoms with Crippen LogP contribution in [-0.4, -0.2) is 41.6 Å². The average Bonchev–Trinajstić information content (AvgIpc) is 3.15. The number of nitrogens with one attached hydrogen (secondary N) is 1. The second-order valence-corrected chi connectivity index (χ2v) is 8.73. The highest BCUT2D eigenvalue weighted by atomic mass is 35.5. The van der Waals surface area contributed by atoms with Crippen LogP contribution in [0.15, 0.2) is 35.7 Å². The number of thiocarbonyl (C=S) groups is 1. The van der Waals surface area contributed by atoms with Gasteiger partial charge in [-0.3, -0.25) is 0 Å². The highest BCUT2D eigenvalue weighted by Gasteiger charge is 2.12. The highest BCUT2D eigenvalue weighted by Crippen LogP contribution is 2.21. The van der Waals surface area contributed by atoms with Gasteiger partial charge in [-0.25, -0.2) is 0 Å². The third kappa shape index (κ3) is 7.78. The Morgan fingerprint density at radius 1 is 1.19 bits per heavy atom. The molecule has 0 atom stereocenters. The Labute approximate surface area is 178 Å². The minimum Gasteiger partial charge on any atom is -0.344 e. The number of benzene rings is 1. The second-order valence-electron chi connectivity index (χ2n) is 6.91. The van der Waals surface area contributed by atoms with Crippen LogP contribution in [0.1, 0.15) is 36.6 Å². The van der Waals surface area contributed by atoms with E-state index in [1.54, 1.807) is 11.3 Å². The summed E-state index contributed by atoms with van der Waals surface area (Å²) in [6.07, 6.45) is 3.58. The molecule has 0 aliphatic carbocycles. The molecule has 1 aromatic heterocycles. The standard InChI is InChI=1S/C21H30ClN3S2/c1-4-5-11-24(3)12-7-13-25(16-19-8-6-14-27-19)21(26)23-18-10-9-17(2)20(22)15-18/h6,8-10,14-15H,4-5,7,11-13,16H2,1-3H3,(H,23,26). The molecule has 0 spiro atoms. The fourth-order valence-electron chi connectivity index (χ4n) is 2.79. The van der Waals surface area contributed by atoms with Crippen molar-refractivity contribution < 1.29 is 0 Å². The van der Waals surface area contributed by atoms with Crippen LogP contribution in [-0.2, 0) is 6.54 Å². The van der Waals surface area contributed by atoms with Gasteiger partial charge < -0.3 is 15.1 Å². The van der Waals surface area contributed by atoms with Crippen molar-refractivity contribution in [3.05, 3.63) is 51.2 Å². The van der Waals surface area contributed by atoms with Gasteiger partial charge in [0.15, 0.2) is 5.11 Å². The molecule has 0 amide bonds. The quantitative estimate of drug-likeness (QED) is 0.470. The zero-order valence-electron chi connectivity index (χ0n) is 16.5. The van der Waals surface area contributed by atoms with Crippen LogP contribution in [0, 0.1) is 6.92 Å². The van der Waals surface area contributed by atoms with Crippen LogP contribution in [0.3, 0.4) is 0 Å². The normalized spacial score (nSPS) is 11.0. The van der Waals surface area contributed by atoms with Crippen LogP contribution >= 0.6 is 35.2 Å². The molecule has 1 heterocycles. The van der Waals surface area contributed by atoms with Gasteiger partial charge in [-0.2, -0.15) is 0 Å². The number of halogens is 1. The zero-order chi connectivity index (χ0) is 19.6. The monoisotopic (exact) mass is 423 g/mol. The lowest BCUT2D eigenvalue weighted by Crippen LogP contribution is -2.36. The molecule has 2 rings (SSSR count). The topological polar surface area (TPSA) is 18.5 Å². The summed E-state index contributed by atoms with van der Waals surface area (Å²) in [6, 6.07) is 10.2. The van der Waals surface area contributed by atoms with Crippen molar-refractivity contribution in [2.45, 2.75) is 39.7 Å². The Hall–Kier alpha value is -1.14. The lowest BCUT2D eigenvalue weighted by atomic mass is 10.2. The maximum absolute atomic E-state index is 6.25. The summed E-state index contributed by atoms with van der Waals surface area (Å²) in [7, 11) is 2.20. The smallest absolute Gasteiger partial charge is 0.173 e. The van der Waals surface area contributed by atoms with Crippen LogP contribution in [0.25, 0.3) is 0 Å². The zero-order valence-corrected chi connectivity index (χ0v) is 18.9. The molecule has 1 aromatic carbocycles. The molecule has 0 fully saturated rings. The van der Waals surface area contributed by atoms with E-state index in [4.69, 9.17) is 23.8 Å². The minimum absolute atomic E-state index is 0.750. The first-order valence-electron chi connectivity index (χ1n) is 9.52. The average molecular weight is 424 g/mol. The van der Waals surface area contributed by atoms with Crippen molar-refractivity contribution in [2.24, 2.45) is 0 Å². The lowest BCUT2D eigenvalue weighted by molar-refractivity contribution is 0.300. The molecule has 0 aliphatic heterocycles. The van der Waals surface area contributed by atoms with Crippen molar-refractivity contribution in [1.82, 2.24) is 9.80 Å². The van der Waals surface area contributed by atoms with Gasteiger partial charge in [0.2, 0.25) is 0 Å². The lowest BCUT2D eigenvalue weighted by Gasteiger charge is -2.27. The molecule has 0 bridgehead atoms. The first kappa shape index (κ1) is 22.2. The summed E-state index contributed by atoms with van der Waals surface area (Å²) in [4.78, 5) is 5.98. The second kappa shape index (κ2) is 11.6. The molecule has 0 saturated heterocycles. The van der Waals surface area contributed by atoms with E-state index in [1.165, 1.54) is 17.7 Å². The highest BCUT2D eigenvalue weighted by molar-refractivity contribution is 7.80. The number of thiophene rings is 1. The first-order chi connectivity index (χ1) is 13.0. The summed E-state index contributed by atoms with van der Waals surface area (Å²) in [5, 5.41) is 6.98. The van der Waals surface area contributed by atoms with Gasteiger partial charge in [0.05, 0.1) is 6.54 Å². The molecular weight excluding hydrogens is 394 g/mol. The molecule has 2 aromatic rings. The molecule has 0 saturated carbocycles. The van der Waals surface area contributed by atoms with Gasteiger partial charge in [0.1, 0.15) is 0 Å². The molecule has 6 heteroatoms. The fraction of sp³-hybridized carbons (Fsp3) is 0.476.